The van der Waals surface area contributed by atoms with Crippen molar-refractivity contribution in [3.8, 4) is 0 Å². The highest BCUT2D eigenvalue weighted by Gasteiger charge is 2.08. The third-order valence-electron chi connectivity index (χ3n) is 2.81. The second-order valence-corrected chi connectivity index (χ2v) is 4.19. The maximum absolute atomic E-state index is 11.4. The molecule has 0 spiro atoms. The highest BCUT2D eigenvalue weighted by molar-refractivity contribution is 5.85. The van der Waals surface area contributed by atoms with Gasteiger partial charge in [0, 0.05) is 0 Å². The molecule has 0 aromatic heterocycles. The van der Waals surface area contributed by atoms with Crippen molar-refractivity contribution in [3.63, 3.8) is 0 Å². The molecule has 0 unspecified atom stereocenters. The van der Waals surface area contributed by atoms with Crippen LogP contribution in [-0.4, -0.2) is 17.0 Å². The van der Waals surface area contributed by atoms with E-state index >= 15 is 0 Å². The normalized spacial score (nSPS) is 10.3. The molecule has 2 aromatic rings. The van der Waals surface area contributed by atoms with Crippen LogP contribution in [0.4, 0.5) is 0 Å². The molecule has 4 heteroatoms. The van der Waals surface area contributed by atoms with Gasteiger partial charge in [0.05, 0.1) is 12.8 Å². The van der Waals surface area contributed by atoms with Crippen molar-refractivity contribution in [2.75, 3.05) is 0 Å². The average Bonchev–Trinajstić information content (AvgIpc) is 2.42. The van der Waals surface area contributed by atoms with Gasteiger partial charge in [0.1, 0.15) is 6.61 Å². The number of carboxylic acid groups (broad SMARTS) is 1. The molecular weight excluding hydrogens is 244 g/mol. The van der Waals surface area contributed by atoms with Gasteiger partial charge in [-0.25, -0.2) is 0 Å². The van der Waals surface area contributed by atoms with Crippen molar-refractivity contribution in [1.82, 2.24) is 0 Å². The Balaban J connectivity index is 2.02. The maximum atomic E-state index is 11.4. The highest BCUT2D eigenvalue weighted by Crippen LogP contribution is 2.19. The van der Waals surface area contributed by atoms with Crippen LogP contribution >= 0.6 is 0 Å². The maximum Gasteiger partial charge on any atom is 0.306 e. The van der Waals surface area contributed by atoms with Crippen molar-refractivity contribution in [2.24, 2.45) is 0 Å². The van der Waals surface area contributed by atoms with E-state index in [4.69, 9.17) is 9.84 Å². The van der Waals surface area contributed by atoms with Gasteiger partial charge in [0.15, 0.2) is 0 Å². The predicted molar refractivity (Wildman–Crippen MR) is 70.6 cm³/mol. The van der Waals surface area contributed by atoms with E-state index in [0.29, 0.717) is 0 Å². The van der Waals surface area contributed by atoms with Crippen LogP contribution < -0.4 is 0 Å². The van der Waals surface area contributed by atoms with Crippen LogP contribution in [0.25, 0.3) is 10.8 Å². The molecule has 0 amide bonds. The zero-order valence-corrected chi connectivity index (χ0v) is 10.3. The van der Waals surface area contributed by atoms with Gasteiger partial charge in [-0.2, -0.15) is 0 Å². The first-order valence-electron chi connectivity index (χ1n) is 6.01. The van der Waals surface area contributed by atoms with Crippen molar-refractivity contribution >= 4 is 22.7 Å². The number of benzene rings is 2. The predicted octanol–water partition coefficient (Wildman–Crippen LogP) is 2.75. The largest absolute Gasteiger partial charge is 0.481 e. The summed E-state index contributed by atoms with van der Waals surface area (Å²) in [6, 6.07) is 13.6. The molecule has 19 heavy (non-hydrogen) atoms. The van der Waals surface area contributed by atoms with Gasteiger partial charge in [-0.1, -0.05) is 42.5 Å². The quantitative estimate of drug-likeness (QED) is 0.837. The van der Waals surface area contributed by atoms with Crippen LogP contribution in [0.1, 0.15) is 18.4 Å². The molecule has 1 N–H and O–H groups in total. The Kier molecular flexibility index (Phi) is 4.13. The minimum atomic E-state index is -0.998. The standard InChI is InChI=1S/C15H14O4/c16-14(17)8-9-15(18)19-10-12-6-3-5-11-4-1-2-7-13(11)12/h1-7H,8-10H2,(H,16,17). The summed E-state index contributed by atoms with van der Waals surface area (Å²) >= 11 is 0. The Bertz CT molecular complexity index is 599. The van der Waals surface area contributed by atoms with Crippen molar-refractivity contribution < 1.29 is 19.4 Å². The lowest BCUT2D eigenvalue weighted by Crippen LogP contribution is -2.07. The van der Waals surface area contributed by atoms with Gasteiger partial charge in [-0.15, -0.1) is 0 Å². The van der Waals surface area contributed by atoms with Crippen LogP contribution in [0.5, 0.6) is 0 Å². The smallest absolute Gasteiger partial charge is 0.306 e. The zero-order valence-electron chi connectivity index (χ0n) is 10.3. The van der Waals surface area contributed by atoms with E-state index in [1.807, 2.05) is 42.5 Å². The van der Waals surface area contributed by atoms with Crippen LogP contribution in [-0.2, 0) is 20.9 Å². The second kappa shape index (κ2) is 6.00. The van der Waals surface area contributed by atoms with E-state index in [2.05, 4.69) is 0 Å². The Hall–Kier alpha value is -2.36. The number of fused-ring (bicyclic) bond motifs is 1. The number of ether oxygens (including phenoxy) is 1. The summed E-state index contributed by atoms with van der Waals surface area (Å²) in [5, 5.41) is 10.6. The van der Waals surface area contributed by atoms with E-state index in [1.165, 1.54) is 0 Å². The zero-order chi connectivity index (χ0) is 13.7. The van der Waals surface area contributed by atoms with Crippen LogP contribution in [0.3, 0.4) is 0 Å². The molecule has 0 heterocycles. The number of hydrogen-bond donors (Lipinski definition) is 1. The minimum absolute atomic E-state index is 0.0971. The van der Waals surface area contributed by atoms with Crippen molar-refractivity contribution in [3.05, 3.63) is 48.0 Å². The van der Waals surface area contributed by atoms with E-state index in [1.54, 1.807) is 0 Å². The molecule has 4 nitrogen and oxygen atoms in total. The Labute approximate surface area is 110 Å². The Morgan fingerprint density at radius 3 is 2.53 bits per heavy atom. The fourth-order valence-electron chi connectivity index (χ4n) is 1.86. The number of esters is 1. The number of carbonyl (C=O) groups excluding carboxylic acids is 1. The number of aliphatic carboxylic acids is 1. The number of rotatable bonds is 5. The van der Waals surface area contributed by atoms with Gasteiger partial charge in [0.2, 0.25) is 0 Å². The lowest BCUT2D eigenvalue weighted by molar-refractivity contribution is -0.148. The molecule has 0 radical (unpaired) electrons. The van der Waals surface area contributed by atoms with Crippen LogP contribution in [0.15, 0.2) is 42.5 Å². The van der Waals surface area contributed by atoms with Crippen molar-refractivity contribution in [2.45, 2.75) is 19.4 Å². The monoisotopic (exact) mass is 258 g/mol. The summed E-state index contributed by atoms with van der Waals surface area (Å²) in [4.78, 5) is 21.7. The van der Waals surface area contributed by atoms with Crippen LogP contribution in [0, 0.1) is 0 Å². The summed E-state index contributed by atoms with van der Waals surface area (Å²) in [5.74, 6) is -1.49. The fraction of sp³-hybridized carbons (Fsp3) is 0.200. The van der Waals surface area contributed by atoms with Gasteiger partial charge in [-0.05, 0) is 16.3 Å². The number of hydrogen-bond acceptors (Lipinski definition) is 3. The molecule has 0 fully saturated rings. The van der Waals surface area contributed by atoms with E-state index in [9.17, 15) is 9.59 Å². The number of carboxylic acids is 1. The topological polar surface area (TPSA) is 63.6 Å². The first kappa shape index (κ1) is 13.1. The van der Waals surface area contributed by atoms with Gasteiger partial charge >= 0.3 is 11.9 Å². The molecule has 0 aliphatic rings. The lowest BCUT2D eigenvalue weighted by Gasteiger charge is -2.07. The minimum Gasteiger partial charge on any atom is -0.481 e. The van der Waals surface area contributed by atoms with Gasteiger partial charge in [0.25, 0.3) is 0 Å². The molecule has 0 saturated carbocycles. The lowest BCUT2D eigenvalue weighted by atomic mass is 10.1. The van der Waals surface area contributed by atoms with Crippen molar-refractivity contribution in [1.29, 1.82) is 0 Å². The van der Waals surface area contributed by atoms with Gasteiger partial charge in [-0.3, -0.25) is 9.59 Å². The van der Waals surface area contributed by atoms with Crippen LogP contribution in [0.2, 0.25) is 0 Å². The first-order chi connectivity index (χ1) is 9.16. The molecule has 98 valence electrons. The molecule has 0 aliphatic heterocycles. The summed E-state index contributed by atoms with van der Waals surface area (Å²) in [6.07, 6.45) is -0.297. The fourth-order valence-corrected chi connectivity index (χ4v) is 1.86. The third kappa shape index (κ3) is 3.55. The summed E-state index contributed by atoms with van der Waals surface area (Å²) in [7, 11) is 0. The first-order valence-corrected chi connectivity index (χ1v) is 6.01. The molecule has 2 aromatic carbocycles. The molecule has 0 aliphatic carbocycles. The van der Waals surface area contributed by atoms with E-state index in [0.717, 1.165) is 16.3 Å². The van der Waals surface area contributed by atoms with E-state index < -0.39 is 11.9 Å². The SMILES string of the molecule is O=C(O)CCC(=O)OCc1cccc2ccccc12. The van der Waals surface area contributed by atoms with Gasteiger partial charge < -0.3 is 9.84 Å². The second-order valence-electron chi connectivity index (χ2n) is 4.19. The van der Waals surface area contributed by atoms with E-state index in [-0.39, 0.29) is 19.4 Å². The molecule has 0 bridgehead atoms. The Morgan fingerprint density at radius 1 is 1.00 bits per heavy atom. The highest BCUT2D eigenvalue weighted by atomic mass is 16.5. The summed E-state index contributed by atoms with van der Waals surface area (Å²) in [5.41, 5.74) is 0.918. The molecule has 0 saturated heterocycles. The molecular formula is C15H14O4. The molecule has 2 rings (SSSR count). The average molecular weight is 258 g/mol. The number of carbonyl (C=O) groups is 2. The Morgan fingerprint density at radius 2 is 1.74 bits per heavy atom. The summed E-state index contributed by atoms with van der Waals surface area (Å²) in [6.45, 7) is 0.166. The summed E-state index contributed by atoms with van der Waals surface area (Å²) < 4.78 is 5.08. The third-order valence-corrected chi connectivity index (χ3v) is 2.81. The molecule has 0 atom stereocenters.